The lowest BCUT2D eigenvalue weighted by molar-refractivity contribution is 0.616. The monoisotopic (exact) mass is 301 g/mol. The van der Waals surface area contributed by atoms with Crippen molar-refractivity contribution in [3.63, 3.8) is 0 Å². The summed E-state index contributed by atoms with van der Waals surface area (Å²) in [6.07, 6.45) is 0. The molecule has 0 unspecified atom stereocenters. The van der Waals surface area contributed by atoms with Gasteiger partial charge in [-0.1, -0.05) is 33.8 Å². The number of halogens is 2. The van der Waals surface area contributed by atoms with Crippen molar-refractivity contribution in [2.45, 2.75) is 17.8 Å². The van der Waals surface area contributed by atoms with Gasteiger partial charge in [-0.3, -0.25) is 5.10 Å². The molecule has 0 aliphatic carbocycles. The highest BCUT2D eigenvalue weighted by Crippen LogP contribution is 2.22. The number of aromatic nitrogens is 3. The summed E-state index contributed by atoms with van der Waals surface area (Å²) >= 11 is 4.62. The number of thioether (sulfide) groups is 1. The first-order valence-electron chi connectivity index (χ1n) is 4.61. The highest BCUT2D eigenvalue weighted by Gasteiger charge is 2.06. The Morgan fingerprint density at radius 2 is 2.31 bits per heavy atom. The van der Waals surface area contributed by atoms with Gasteiger partial charge in [-0.2, -0.15) is 0 Å². The molecule has 1 aromatic heterocycles. The quantitative estimate of drug-likeness (QED) is 0.884. The maximum absolute atomic E-state index is 13.5. The van der Waals surface area contributed by atoms with Crippen LogP contribution in [0.1, 0.15) is 11.4 Å². The van der Waals surface area contributed by atoms with E-state index in [1.165, 1.54) is 17.8 Å². The Balaban J connectivity index is 2.04. The summed E-state index contributed by atoms with van der Waals surface area (Å²) in [5.41, 5.74) is 0.649. The first kappa shape index (κ1) is 11.6. The van der Waals surface area contributed by atoms with Crippen LogP contribution in [0.2, 0.25) is 0 Å². The fourth-order valence-corrected chi connectivity index (χ4v) is 2.33. The number of hydrogen-bond donors (Lipinski definition) is 1. The predicted octanol–water partition coefficient (Wildman–Crippen LogP) is 3.31. The minimum atomic E-state index is -0.214. The number of nitrogens with zero attached hydrogens (tertiary/aromatic N) is 2. The highest BCUT2D eigenvalue weighted by atomic mass is 79.9. The summed E-state index contributed by atoms with van der Waals surface area (Å²) < 4.78 is 14.2. The van der Waals surface area contributed by atoms with E-state index < -0.39 is 0 Å². The number of rotatable bonds is 3. The van der Waals surface area contributed by atoms with Crippen LogP contribution in [-0.2, 0) is 5.75 Å². The summed E-state index contributed by atoms with van der Waals surface area (Å²) in [5, 5.41) is 7.36. The van der Waals surface area contributed by atoms with Gasteiger partial charge in [0.05, 0.1) is 0 Å². The van der Waals surface area contributed by atoms with Crippen molar-refractivity contribution < 1.29 is 4.39 Å². The number of aryl methyl sites for hydroxylation is 1. The number of hydrogen-bond acceptors (Lipinski definition) is 3. The van der Waals surface area contributed by atoms with Crippen LogP contribution >= 0.6 is 27.7 Å². The Kier molecular flexibility index (Phi) is 3.60. The van der Waals surface area contributed by atoms with Crippen LogP contribution in [0.5, 0.6) is 0 Å². The fourth-order valence-electron chi connectivity index (χ4n) is 1.17. The molecule has 0 fully saturated rings. The summed E-state index contributed by atoms with van der Waals surface area (Å²) in [7, 11) is 0. The van der Waals surface area contributed by atoms with Crippen LogP contribution in [0.15, 0.2) is 27.8 Å². The van der Waals surface area contributed by atoms with E-state index in [4.69, 9.17) is 0 Å². The van der Waals surface area contributed by atoms with Crippen molar-refractivity contribution in [2.24, 2.45) is 0 Å². The Morgan fingerprint density at radius 3 is 2.94 bits per heavy atom. The van der Waals surface area contributed by atoms with Gasteiger partial charge in [-0.25, -0.2) is 9.37 Å². The topological polar surface area (TPSA) is 41.6 Å². The molecule has 0 aliphatic heterocycles. The molecule has 16 heavy (non-hydrogen) atoms. The molecule has 0 atom stereocenters. The van der Waals surface area contributed by atoms with E-state index in [2.05, 4.69) is 31.1 Å². The van der Waals surface area contributed by atoms with Crippen LogP contribution < -0.4 is 0 Å². The zero-order valence-corrected chi connectivity index (χ0v) is 10.9. The summed E-state index contributed by atoms with van der Waals surface area (Å²) in [6, 6.07) is 5.03. The Bertz CT molecular complexity index is 501. The largest absolute Gasteiger partial charge is 0.262 e. The van der Waals surface area contributed by atoms with E-state index in [1.807, 2.05) is 13.0 Å². The van der Waals surface area contributed by atoms with Crippen molar-refractivity contribution in [2.75, 3.05) is 0 Å². The highest BCUT2D eigenvalue weighted by molar-refractivity contribution is 9.10. The molecule has 3 nitrogen and oxygen atoms in total. The molecule has 0 saturated heterocycles. The SMILES string of the molecule is Cc1nc(SCc2ccc(Br)cc2F)n[nH]1. The molecular weight excluding hydrogens is 293 g/mol. The van der Waals surface area contributed by atoms with Gasteiger partial charge in [0.15, 0.2) is 0 Å². The predicted molar refractivity (Wildman–Crippen MR) is 64.8 cm³/mol. The standard InChI is InChI=1S/C10H9BrFN3S/c1-6-13-10(15-14-6)16-5-7-2-3-8(11)4-9(7)12/h2-4H,5H2,1H3,(H,13,14,15). The molecule has 0 aliphatic rings. The third kappa shape index (κ3) is 2.82. The normalized spacial score (nSPS) is 10.7. The molecule has 6 heteroatoms. The van der Waals surface area contributed by atoms with E-state index >= 15 is 0 Å². The second kappa shape index (κ2) is 4.97. The van der Waals surface area contributed by atoms with E-state index in [-0.39, 0.29) is 5.82 Å². The maximum atomic E-state index is 13.5. The second-order valence-electron chi connectivity index (χ2n) is 3.23. The summed E-state index contributed by atoms with van der Waals surface area (Å²) in [6.45, 7) is 1.83. The molecule has 0 bridgehead atoms. The van der Waals surface area contributed by atoms with Crippen molar-refractivity contribution in [1.82, 2.24) is 15.2 Å². The lowest BCUT2D eigenvalue weighted by Crippen LogP contribution is -1.88. The van der Waals surface area contributed by atoms with Crippen LogP contribution in [0.4, 0.5) is 4.39 Å². The molecule has 2 rings (SSSR count). The van der Waals surface area contributed by atoms with Crippen molar-refractivity contribution in [3.05, 3.63) is 39.9 Å². The molecule has 0 saturated carbocycles. The second-order valence-corrected chi connectivity index (χ2v) is 5.09. The van der Waals surface area contributed by atoms with Gasteiger partial charge in [0.25, 0.3) is 0 Å². The molecule has 1 N–H and O–H groups in total. The minimum Gasteiger partial charge on any atom is -0.262 e. The molecule has 1 aromatic carbocycles. The average Bonchev–Trinajstić information content (AvgIpc) is 2.63. The first-order valence-corrected chi connectivity index (χ1v) is 6.39. The molecule has 0 radical (unpaired) electrons. The summed E-state index contributed by atoms with van der Waals surface area (Å²) in [5.74, 6) is 1.07. The lowest BCUT2D eigenvalue weighted by Gasteiger charge is -2.01. The third-order valence-electron chi connectivity index (χ3n) is 1.95. The molecule has 84 valence electrons. The summed E-state index contributed by atoms with van der Waals surface area (Å²) in [4.78, 5) is 4.14. The zero-order chi connectivity index (χ0) is 11.5. The molecule has 1 heterocycles. The zero-order valence-electron chi connectivity index (χ0n) is 8.50. The Hall–Kier alpha value is -0.880. The van der Waals surface area contributed by atoms with E-state index in [1.54, 1.807) is 6.07 Å². The fraction of sp³-hybridized carbons (Fsp3) is 0.200. The Labute approximate surface area is 105 Å². The number of aromatic amines is 1. The van der Waals surface area contributed by atoms with Gasteiger partial charge in [-0.05, 0) is 24.6 Å². The third-order valence-corrected chi connectivity index (χ3v) is 3.34. The average molecular weight is 302 g/mol. The van der Waals surface area contributed by atoms with Gasteiger partial charge >= 0.3 is 0 Å². The van der Waals surface area contributed by atoms with E-state index in [9.17, 15) is 4.39 Å². The Morgan fingerprint density at radius 1 is 1.50 bits per heavy atom. The van der Waals surface area contributed by atoms with Gasteiger partial charge in [0, 0.05) is 10.2 Å². The van der Waals surface area contributed by atoms with Crippen LogP contribution in [0.25, 0.3) is 0 Å². The van der Waals surface area contributed by atoms with Gasteiger partial charge in [0.1, 0.15) is 11.6 Å². The van der Waals surface area contributed by atoms with Crippen LogP contribution in [0.3, 0.4) is 0 Å². The smallest absolute Gasteiger partial charge is 0.208 e. The molecule has 2 aromatic rings. The van der Waals surface area contributed by atoms with Gasteiger partial charge < -0.3 is 0 Å². The lowest BCUT2D eigenvalue weighted by atomic mass is 10.2. The van der Waals surface area contributed by atoms with E-state index in [0.717, 1.165) is 10.3 Å². The maximum Gasteiger partial charge on any atom is 0.208 e. The first-order chi connectivity index (χ1) is 7.65. The van der Waals surface area contributed by atoms with E-state index in [0.29, 0.717) is 16.5 Å². The molecule has 0 spiro atoms. The number of nitrogens with one attached hydrogen (secondary N) is 1. The number of benzene rings is 1. The molecule has 0 amide bonds. The number of H-pyrrole nitrogens is 1. The minimum absolute atomic E-state index is 0.214. The van der Waals surface area contributed by atoms with Gasteiger partial charge in [-0.15, -0.1) is 5.10 Å². The van der Waals surface area contributed by atoms with Gasteiger partial charge in [0.2, 0.25) is 5.16 Å². The van der Waals surface area contributed by atoms with Crippen molar-refractivity contribution in [1.29, 1.82) is 0 Å². The molecular formula is C10H9BrFN3S. The van der Waals surface area contributed by atoms with Crippen LogP contribution in [0, 0.1) is 12.7 Å². The van der Waals surface area contributed by atoms with Crippen molar-refractivity contribution >= 4 is 27.7 Å². The van der Waals surface area contributed by atoms with Crippen LogP contribution in [-0.4, -0.2) is 15.2 Å². The van der Waals surface area contributed by atoms with Crippen molar-refractivity contribution in [3.8, 4) is 0 Å².